The van der Waals surface area contributed by atoms with Crippen molar-refractivity contribution in [1.82, 2.24) is 5.32 Å². The summed E-state index contributed by atoms with van der Waals surface area (Å²) in [5.41, 5.74) is 0. The molecule has 1 aliphatic rings. The number of hydrogen-bond acceptors (Lipinski definition) is 3. The molecule has 0 amide bonds. The van der Waals surface area contributed by atoms with Gasteiger partial charge in [0.2, 0.25) is 0 Å². The lowest BCUT2D eigenvalue weighted by Gasteiger charge is -2.07. The molecule has 0 aromatic rings. The Morgan fingerprint density at radius 2 is 2.42 bits per heavy atom. The summed E-state index contributed by atoms with van der Waals surface area (Å²) in [5, 5.41) is 2.84. The van der Waals surface area contributed by atoms with Gasteiger partial charge >= 0.3 is 11.9 Å². The molecule has 0 aromatic heterocycles. The van der Waals surface area contributed by atoms with E-state index in [9.17, 15) is 13.6 Å². The molecule has 12 heavy (non-hydrogen) atoms. The number of carbonyl (C=O) groups excluding carboxylic acids is 1. The number of ether oxygens (including phenoxy) is 1. The van der Waals surface area contributed by atoms with Crippen LogP contribution in [0.25, 0.3) is 0 Å². The normalized spacial score (nSPS) is 27.2. The van der Waals surface area contributed by atoms with Crippen molar-refractivity contribution in [2.75, 3.05) is 13.1 Å². The summed E-state index contributed by atoms with van der Waals surface area (Å²) in [4.78, 5) is 10.5. The number of likely N-dealkylation sites (N-methyl/N-ethyl adjacent to an activating group) is 1. The Labute approximate surface area is 69.1 Å². The molecule has 1 rings (SSSR count). The Hall–Kier alpha value is -0.710. The van der Waals surface area contributed by atoms with Crippen LogP contribution in [0.4, 0.5) is 8.78 Å². The number of halogens is 2. The number of carbonyl (C=O) groups is 1. The molecule has 0 aromatic carbocycles. The second-order valence-corrected chi connectivity index (χ2v) is 2.74. The lowest BCUT2D eigenvalue weighted by atomic mass is 10.2. The molecule has 3 nitrogen and oxygen atoms in total. The highest BCUT2D eigenvalue weighted by molar-refractivity contribution is 5.79. The molecule has 0 aliphatic carbocycles. The van der Waals surface area contributed by atoms with E-state index >= 15 is 0 Å². The third kappa shape index (κ3) is 1.91. The Balaban J connectivity index is 2.39. The molecular weight excluding hydrogens is 168 g/mol. The molecule has 1 heterocycles. The third-order valence-corrected chi connectivity index (χ3v) is 1.68. The van der Waals surface area contributed by atoms with E-state index in [4.69, 9.17) is 0 Å². The summed E-state index contributed by atoms with van der Waals surface area (Å²) in [6, 6.07) is 0. The Morgan fingerprint density at radius 1 is 1.75 bits per heavy atom. The molecule has 1 unspecified atom stereocenters. The van der Waals surface area contributed by atoms with Crippen molar-refractivity contribution in [3.05, 3.63) is 0 Å². The van der Waals surface area contributed by atoms with Crippen molar-refractivity contribution >= 4 is 5.97 Å². The first-order valence-corrected chi connectivity index (χ1v) is 3.86. The van der Waals surface area contributed by atoms with E-state index in [2.05, 4.69) is 10.1 Å². The largest absolute Gasteiger partial charge is 0.456 e. The van der Waals surface area contributed by atoms with Crippen LogP contribution in [0.3, 0.4) is 0 Å². The topological polar surface area (TPSA) is 38.3 Å². The fraction of sp³-hybridized carbons (Fsp3) is 0.857. The predicted octanol–water partition coefficient (Wildman–Crippen LogP) is 0.547. The summed E-state index contributed by atoms with van der Waals surface area (Å²) >= 11 is 0. The van der Waals surface area contributed by atoms with E-state index in [1.54, 1.807) is 0 Å². The van der Waals surface area contributed by atoms with Gasteiger partial charge in [-0.15, -0.1) is 0 Å². The van der Waals surface area contributed by atoms with E-state index in [-0.39, 0.29) is 0 Å². The van der Waals surface area contributed by atoms with Crippen LogP contribution in [-0.2, 0) is 9.53 Å². The molecule has 5 heteroatoms. The fourth-order valence-electron chi connectivity index (χ4n) is 1.07. The highest BCUT2D eigenvalue weighted by atomic mass is 19.3. The van der Waals surface area contributed by atoms with Crippen molar-refractivity contribution < 1.29 is 18.3 Å². The smallest absolute Gasteiger partial charge is 0.377 e. The molecule has 1 atom stereocenters. The molecule has 0 radical (unpaired) electrons. The minimum atomic E-state index is -3.28. The maximum atomic E-state index is 12.5. The molecule has 1 saturated heterocycles. The van der Waals surface area contributed by atoms with Crippen molar-refractivity contribution in [3.63, 3.8) is 0 Å². The first-order chi connectivity index (χ1) is 5.56. The third-order valence-electron chi connectivity index (χ3n) is 1.68. The molecule has 1 fully saturated rings. The van der Waals surface area contributed by atoms with E-state index in [1.807, 2.05) is 6.92 Å². The van der Waals surface area contributed by atoms with Gasteiger partial charge in [0.1, 0.15) is 6.10 Å². The molecule has 70 valence electrons. The second-order valence-electron chi connectivity index (χ2n) is 2.74. The molecule has 0 bridgehead atoms. The van der Waals surface area contributed by atoms with Crippen molar-refractivity contribution in [1.29, 1.82) is 0 Å². The number of hydrogen-bond donors (Lipinski definition) is 1. The van der Waals surface area contributed by atoms with Gasteiger partial charge in [-0.25, -0.2) is 4.79 Å². The van der Waals surface area contributed by atoms with Gasteiger partial charge < -0.3 is 10.1 Å². The summed E-state index contributed by atoms with van der Waals surface area (Å²) in [5.74, 6) is -4.68. The highest BCUT2D eigenvalue weighted by Crippen LogP contribution is 2.30. The van der Waals surface area contributed by atoms with Crippen LogP contribution < -0.4 is 5.32 Å². The van der Waals surface area contributed by atoms with Crippen LogP contribution >= 0.6 is 0 Å². The average Bonchev–Trinajstić information content (AvgIpc) is 2.22. The van der Waals surface area contributed by atoms with Gasteiger partial charge in [-0.3, -0.25) is 0 Å². The summed E-state index contributed by atoms with van der Waals surface area (Å²) in [7, 11) is 0. The minimum absolute atomic E-state index is 0.303. The zero-order valence-corrected chi connectivity index (χ0v) is 6.77. The van der Waals surface area contributed by atoms with Crippen molar-refractivity contribution in [3.8, 4) is 0 Å². The van der Waals surface area contributed by atoms with Crippen LogP contribution in [0.1, 0.15) is 13.3 Å². The monoisotopic (exact) mass is 179 g/mol. The van der Waals surface area contributed by atoms with Gasteiger partial charge in [0.05, 0.1) is 6.42 Å². The van der Waals surface area contributed by atoms with E-state index in [1.165, 1.54) is 0 Å². The number of alkyl halides is 2. The molecular formula is C7H11F2NO2. The maximum Gasteiger partial charge on any atom is 0.377 e. The number of nitrogens with one attached hydrogen (secondary N) is 1. The number of rotatable bonds is 3. The van der Waals surface area contributed by atoms with Gasteiger partial charge in [0.15, 0.2) is 0 Å². The second kappa shape index (κ2) is 3.35. The first-order valence-electron chi connectivity index (χ1n) is 3.86. The van der Waals surface area contributed by atoms with E-state index in [0.29, 0.717) is 13.1 Å². The molecule has 1 aliphatic heterocycles. The van der Waals surface area contributed by atoms with Crippen molar-refractivity contribution in [2.45, 2.75) is 25.4 Å². The molecule has 0 spiro atoms. The average molecular weight is 179 g/mol. The number of esters is 1. The van der Waals surface area contributed by atoms with Gasteiger partial charge in [-0.05, 0) is 6.54 Å². The zero-order valence-electron chi connectivity index (χ0n) is 6.77. The summed E-state index contributed by atoms with van der Waals surface area (Å²) in [6.07, 6.45) is -1.17. The van der Waals surface area contributed by atoms with Gasteiger partial charge in [-0.2, -0.15) is 8.78 Å². The summed E-state index contributed by atoms with van der Waals surface area (Å²) in [6.45, 7) is 2.84. The van der Waals surface area contributed by atoms with E-state index in [0.717, 1.165) is 0 Å². The van der Waals surface area contributed by atoms with Crippen LogP contribution in [0.15, 0.2) is 0 Å². The fourth-order valence-corrected chi connectivity index (χ4v) is 1.07. The quantitative estimate of drug-likeness (QED) is 0.643. The maximum absolute atomic E-state index is 12.5. The number of cyclic esters (lactones) is 1. The first kappa shape index (κ1) is 9.38. The Bertz CT molecular complexity index is 184. The summed E-state index contributed by atoms with van der Waals surface area (Å²) < 4.78 is 29.5. The zero-order chi connectivity index (χ0) is 9.19. The SMILES string of the molecule is CCNCC1CC(F)(F)C(=O)O1. The van der Waals surface area contributed by atoms with Crippen LogP contribution in [0.5, 0.6) is 0 Å². The highest BCUT2D eigenvalue weighted by Gasteiger charge is 2.50. The van der Waals surface area contributed by atoms with Crippen LogP contribution in [0.2, 0.25) is 0 Å². The predicted molar refractivity (Wildman–Crippen MR) is 38.0 cm³/mol. The lowest BCUT2D eigenvalue weighted by molar-refractivity contribution is -0.158. The molecule has 1 N–H and O–H groups in total. The van der Waals surface area contributed by atoms with Gasteiger partial charge in [0, 0.05) is 6.54 Å². The Morgan fingerprint density at radius 3 is 2.83 bits per heavy atom. The Kier molecular flexibility index (Phi) is 2.62. The van der Waals surface area contributed by atoms with Crippen LogP contribution in [-0.4, -0.2) is 31.1 Å². The minimum Gasteiger partial charge on any atom is -0.456 e. The standard InChI is InChI=1S/C7H11F2NO2/c1-2-10-4-5-3-7(8,9)6(11)12-5/h5,10H,2-4H2,1H3. The van der Waals surface area contributed by atoms with Crippen molar-refractivity contribution in [2.24, 2.45) is 0 Å². The van der Waals surface area contributed by atoms with Gasteiger partial charge in [-0.1, -0.05) is 6.92 Å². The molecule has 0 saturated carbocycles. The van der Waals surface area contributed by atoms with E-state index < -0.39 is 24.4 Å². The lowest BCUT2D eigenvalue weighted by Crippen LogP contribution is -2.26. The van der Waals surface area contributed by atoms with Crippen LogP contribution in [0, 0.1) is 0 Å². The van der Waals surface area contributed by atoms with Gasteiger partial charge in [0.25, 0.3) is 0 Å².